The van der Waals surface area contributed by atoms with E-state index in [1.807, 2.05) is 0 Å². The van der Waals surface area contributed by atoms with Crippen molar-refractivity contribution < 1.29 is 43.5 Å². The molecule has 9 heavy (non-hydrogen) atoms. The van der Waals surface area contributed by atoms with Crippen LogP contribution >= 0.6 is 7.75 Å². The zero-order valence-corrected chi connectivity index (χ0v) is 9.01. The van der Waals surface area contributed by atoms with E-state index in [4.69, 9.17) is 0 Å². The van der Waals surface area contributed by atoms with Gasteiger partial charge in [0.25, 0.3) is 0 Å². The molecule has 0 amide bonds. The Hall–Kier alpha value is 1.11. The Bertz CT molecular complexity index is 118. The van der Waals surface area contributed by atoms with Crippen LogP contribution < -0.4 is 34.5 Å². The molecule has 4 nitrogen and oxygen atoms in total. The molecule has 0 saturated carbocycles. The number of rotatable bonds is 2. The van der Waals surface area contributed by atoms with Gasteiger partial charge in [-0.3, -0.25) is 4.57 Å². The zero-order valence-electron chi connectivity index (χ0n) is 6.12. The first kappa shape index (κ1) is 12.8. The molecule has 0 aromatic carbocycles. The minimum absolute atomic E-state index is 0. The van der Waals surface area contributed by atoms with Crippen molar-refractivity contribution in [2.24, 2.45) is 0 Å². The van der Waals surface area contributed by atoms with Crippen LogP contribution in [0.1, 0.15) is 0 Å². The predicted molar refractivity (Wildman–Crippen MR) is 28.3 cm³/mol. The van der Waals surface area contributed by atoms with Crippen molar-refractivity contribution in [2.75, 3.05) is 21.2 Å². The van der Waals surface area contributed by atoms with Crippen molar-refractivity contribution in [1.82, 2.24) is 4.67 Å². The molecule has 0 N–H and O–H groups in total. The fourth-order valence-electron chi connectivity index (χ4n) is 0.163. The number of hydrogen-bond acceptors (Lipinski definition) is 3. The summed E-state index contributed by atoms with van der Waals surface area (Å²) in [7, 11) is 0.299. The molecule has 0 saturated heterocycles. The molecule has 0 radical (unpaired) electrons. The summed E-state index contributed by atoms with van der Waals surface area (Å²) in [4.78, 5) is 10.4. The summed E-state index contributed by atoms with van der Waals surface area (Å²) in [5, 5.41) is 0. The van der Waals surface area contributed by atoms with E-state index in [-0.39, 0.29) is 29.6 Å². The Labute approximate surface area is 77.1 Å². The molecule has 6 heteroatoms. The first-order valence-electron chi connectivity index (χ1n) is 2.05. The van der Waals surface area contributed by atoms with Crippen LogP contribution in [0.2, 0.25) is 0 Å². The third-order valence-electron chi connectivity index (χ3n) is 0.721. The van der Waals surface area contributed by atoms with E-state index in [9.17, 15) is 9.46 Å². The molecule has 1 atom stereocenters. The molecule has 0 heterocycles. The van der Waals surface area contributed by atoms with Gasteiger partial charge in [-0.15, -0.1) is 0 Å². The fourth-order valence-corrected chi connectivity index (χ4v) is 0.490. The summed E-state index contributed by atoms with van der Waals surface area (Å²) in [6, 6.07) is 0. The Morgan fingerprint density at radius 3 is 1.89 bits per heavy atom. The van der Waals surface area contributed by atoms with Crippen molar-refractivity contribution >= 4 is 7.75 Å². The summed E-state index contributed by atoms with van der Waals surface area (Å²) < 4.78 is 15.6. The minimum Gasteiger partial charge on any atom is -0.766 e. The second-order valence-electron chi connectivity index (χ2n) is 1.50. The number of hydrogen-bond donors (Lipinski definition) is 0. The molecule has 0 aliphatic heterocycles. The maximum atomic E-state index is 10.4. The summed E-state index contributed by atoms with van der Waals surface area (Å²) >= 11 is 0. The molecule has 0 aromatic rings. The van der Waals surface area contributed by atoms with Gasteiger partial charge in [0, 0.05) is 7.11 Å². The maximum absolute atomic E-state index is 10.4. The van der Waals surface area contributed by atoms with Crippen molar-refractivity contribution in [1.29, 1.82) is 0 Å². The van der Waals surface area contributed by atoms with Gasteiger partial charge in [0.2, 0.25) is 7.75 Å². The molecule has 1 unspecified atom stereocenters. The number of nitrogens with zero attached hydrogens (tertiary/aromatic N) is 1. The third kappa shape index (κ3) is 4.51. The van der Waals surface area contributed by atoms with Gasteiger partial charge < -0.3 is 9.42 Å². The van der Waals surface area contributed by atoms with Gasteiger partial charge >= 0.3 is 29.6 Å². The van der Waals surface area contributed by atoms with E-state index < -0.39 is 7.75 Å². The molecule has 0 fully saturated rings. The second-order valence-corrected chi connectivity index (χ2v) is 3.60. The summed E-state index contributed by atoms with van der Waals surface area (Å²) in [6.07, 6.45) is 0. The van der Waals surface area contributed by atoms with Crippen molar-refractivity contribution in [3.8, 4) is 0 Å². The normalized spacial score (nSPS) is 16.6. The Morgan fingerprint density at radius 2 is 1.89 bits per heavy atom. The van der Waals surface area contributed by atoms with Crippen LogP contribution in [-0.4, -0.2) is 25.9 Å². The molecular weight excluding hydrogens is 152 g/mol. The van der Waals surface area contributed by atoms with Crippen LogP contribution in [0.15, 0.2) is 0 Å². The molecule has 0 aromatic heterocycles. The summed E-state index contributed by atoms with van der Waals surface area (Å²) in [5.74, 6) is 0. The van der Waals surface area contributed by atoms with Crippen molar-refractivity contribution in [3.05, 3.63) is 0 Å². The molecule has 50 valence electrons. The Kier molecular flexibility index (Phi) is 6.88. The molecule has 0 spiro atoms. The van der Waals surface area contributed by atoms with Crippen LogP contribution in [0.25, 0.3) is 0 Å². The molecule has 0 bridgehead atoms. The van der Waals surface area contributed by atoms with Crippen LogP contribution in [0.3, 0.4) is 0 Å². The van der Waals surface area contributed by atoms with Gasteiger partial charge in [-0.25, -0.2) is 4.67 Å². The van der Waals surface area contributed by atoms with Gasteiger partial charge in [-0.05, 0) is 14.1 Å². The van der Waals surface area contributed by atoms with E-state index >= 15 is 0 Å². The average molecular weight is 161 g/mol. The van der Waals surface area contributed by atoms with Gasteiger partial charge in [0.1, 0.15) is 0 Å². The second kappa shape index (κ2) is 4.85. The molecule has 0 rings (SSSR count). The largest absolute Gasteiger partial charge is 1.00 e. The van der Waals surface area contributed by atoms with Crippen LogP contribution in [-0.2, 0) is 9.09 Å². The fraction of sp³-hybridized carbons (Fsp3) is 1.00. The first-order chi connectivity index (χ1) is 3.50. The van der Waals surface area contributed by atoms with Gasteiger partial charge in [0.05, 0.1) is 0 Å². The topological polar surface area (TPSA) is 52.6 Å². The van der Waals surface area contributed by atoms with Crippen LogP contribution in [0.5, 0.6) is 0 Å². The van der Waals surface area contributed by atoms with Gasteiger partial charge in [0.15, 0.2) is 0 Å². The standard InChI is InChI=1S/C3H10NO3P.Na/c1-4(2)8(5,6)7-3;/h1-3H3,(H,5,6);/q;+1/p-1. The van der Waals surface area contributed by atoms with E-state index in [1.165, 1.54) is 14.1 Å². The van der Waals surface area contributed by atoms with Gasteiger partial charge in [-0.1, -0.05) is 0 Å². The SMILES string of the molecule is COP(=O)([O-])N(C)C.[Na+]. The van der Waals surface area contributed by atoms with E-state index in [0.717, 1.165) is 11.8 Å². The monoisotopic (exact) mass is 161 g/mol. The van der Waals surface area contributed by atoms with Gasteiger partial charge in [-0.2, -0.15) is 0 Å². The Morgan fingerprint density at radius 1 is 1.56 bits per heavy atom. The first-order valence-corrected chi connectivity index (χ1v) is 3.55. The van der Waals surface area contributed by atoms with Crippen LogP contribution in [0.4, 0.5) is 0 Å². The molecule has 0 aliphatic rings. The van der Waals surface area contributed by atoms with E-state index in [1.54, 1.807) is 0 Å². The average Bonchev–Trinajstić information content (AvgIpc) is 1.67. The van der Waals surface area contributed by atoms with Crippen LogP contribution in [0, 0.1) is 0 Å². The zero-order chi connectivity index (χ0) is 6.78. The third-order valence-corrected chi connectivity index (χ3v) is 2.16. The Balaban J connectivity index is 0. The maximum Gasteiger partial charge on any atom is 1.00 e. The van der Waals surface area contributed by atoms with Crippen molar-refractivity contribution in [3.63, 3.8) is 0 Å². The quantitative estimate of drug-likeness (QED) is 0.314. The van der Waals surface area contributed by atoms with Crippen molar-refractivity contribution in [2.45, 2.75) is 0 Å². The predicted octanol–water partition coefficient (Wildman–Crippen LogP) is -3.33. The molecular formula is C3H9NNaO3P. The van der Waals surface area contributed by atoms with E-state index in [0.29, 0.717) is 0 Å². The summed E-state index contributed by atoms with van der Waals surface area (Å²) in [6.45, 7) is 0. The summed E-state index contributed by atoms with van der Waals surface area (Å²) in [5.41, 5.74) is 0. The van der Waals surface area contributed by atoms with E-state index in [2.05, 4.69) is 4.52 Å². The minimum atomic E-state index is -3.66. The molecule has 0 aliphatic carbocycles. The smallest absolute Gasteiger partial charge is 0.766 e.